The number of carboxylic acid groups (broad SMARTS) is 1. The number of ether oxygens (including phenoxy) is 1. The number of aryl methyl sites for hydroxylation is 1. The maximum atomic E-state index is 11.3. The van der Waals surface area contributed by atoms with Crippen molar-refractivity contribution < 1.29 is 19.4 Å². The van der Waals surface area contributed by atoms with Gasteiger partial charge in [-0.1, -0.05) is 12.0 Å². The van der Waals surface area contributed by atoms with E-state index in [0.717, 1.165) is 5.56 Å². The number of hydrogen-bond donors (Lipinski definition) is 2. The summed E-state index contributed by atoms with van der Waals surface area (Å²) in [7, 11) is 0. The first-order valence-corrected chi connectivity index (χ1v) is 5.21. The molecule has 94 valence electrons. The van der Waals surface area contributed by atoms with Crippen LogP contribution in [0.2, 0.25) is 0 Å². The Kier molecular flexibility index (Phi) is 4.76. The van der Waals surface area contributed by atoms with E-state index in [1.54, 1.807) is 19.1 Å². The number of hydrogen-bond acceptors (Lipinski definition) is 3. The van der Waals surface area contributed by atoms with E-state index in [1.807, 2.05) is 0 Å². The molecule has 0 heterocycles. The second-order valence-corrected chi connectivity index (χ2v) is 3.57. The molecule has 5 heteroatoms. The Bertz CT molecular complexity index is 502. The molecule has 1 rings (SSSR count). The van der Waals surface area contributed by atoms with Gasteiger partial charge in [0.1, 0.15) is 11.3 Å². The van der Waals surface area contributed by atoms with Gasteiger partial charge < -0.3 is 15.2 Å². The van der Waals surface area contributed by atoms with Crippen LogP contribution in [-0.4, -0.2) is 30.1 Å². The molecule has 1 aromatic rings. The average Bonchev–Trinajstić information content (AvgIpc) is 2.33. The van der Waals surface area contributed by atoms with E-state index < -0.39 is 11.9 Å². The highest BCUT2D eigenvalue weighted by molar-refractivity contribution is 5.91. The van der Waals surface area contributed by atoms with Crippen molar-refractivity contribution in [2.75, 3.05) is 13.2 Å². The van der Waals surface area contributed by atoms with Crippen LogP contribution < -0.4 is 10.1 Å². The Balaban J connectivity index is 2.72. The first kappa shape index (κ1) is 13.6. The number of rotatable bonds is 5. The fourth-order valence-corrected chi connectivity index (χ4v) is 1.27. The Morgan fingerprint density at radius 2 is 2.22 bits per heavy atom. The zero-order valence-corrected chi connectivity index (χ0v) is 9.90. The molecule has 1 amide bonds. The van der Waals surface area contributed by atoms with Gasteiger partial charge in [-0.2, -0.15) is 0 Å². The minimum absolute atomic E-state index is 0.0188. The van der Waals surface area contributed by atoms with Gasteiger partial charge in [0.15, 0.2) is 6.61 Å². The molecule has 1 aromatic carbocycles. The molecule has 5 nitrogen and oxygen atoms in total. The zero-order valence-electron chi connectivity index (χ0n) is 9.90. The third-order valence-electron chi connectivity index (χ3n) is 2.11. The van der Waals surface area contributed by atoms with Gasteiger partial charge in [0.25, 0.3) is 5.91 Å². The largest absolute Gasteiger partial charge is 0.483 e. The first-order valence-electron chi connectivity index (χ1n) is 5.21. The molecular weight excluding hydrogens is 234 g/mol. The van der Waals surface area contributed by atoms with E-state index in [-0.39, 0.29) is 24.5 Å². The molecule has 0 fully saturated rings. The quantitative estimate of drug-likeness (QED) is 0.755. The molecule has 0 spiro atoms. The minimum Gasteiger partial charge on any atom is -0.483 e. The lowest BCUT2D eigenvalue weighted by atomic mass is 10.1. The van der Waals surface area contributed by atoms with Crippen molar-refractivity contribution in [2.24, 2.45) is 0 Å². The predicted octanol–water partition coefficient (Wildman–Crippen LogP) is 0.821. The number of aromatic carboxylic acids is 1. The lowest BCUT2D eigenvalue weighted by Crippen LogP contribution is -2.29. The normalized spacial score (nSPS) is 9.33. The second kappa shape index (κ2) is 6.30. The third-order valence-corrected chi connectivity index (χ3v) is 2.11. The van der Waals surface area contributed by atoms with Gasteiger partial charge in [0, 0.05) is 0 Å². The van der Waals surface area contributed by atoms with Gasteiger partial charge in [-0.25, -0.2) is 4.79 Å². The van der Waals surface area contributed by atoms with Crippen molar-refractivity contribution in [2.45, 2.75) is 6.92 Å². The molecule has 0 saturated heterocycles. The van der Waals surface area contributed by atoms with Gasteiger partial charge in [0.2, 0.25) is 0 Å². The van der Waals surface area contributed by atoms with Gasteiger partial charge in [-0.3, -0.25) is 4.79 Å². The molecule has 18 heavy (non-hydrogen) atoms. The van der Waals surface area contributed by atoms with Crippen LogP contribution >= 0.6 is 0 Å². The van der Waals surface area contributed by atoms with Crippen LogP contribution in [0.1, 0.15) is 15.9 Å². The maximum absolute atomic E-state index is 11.3. The van der Waals surface area contributed by atoms with Crippen molar-refractivity contribution in [3.63, 3.8) is 0 Å². The molecule has 0 saturated carbocycles. The number of carboxylic acids is 1. The van der Waals surface area contributed by atoms with Crippen molar-refractivity contribution in [3.8, 4) is 18.1 Å². The van der Waals surface area contributed by atoms with Crippen LogP contribution in [0.5, 0.6) is 5.75 Å². The molecular formula is C13H13NO4. The monoisotopic (exact) mass is 247 g/mol. The van der Waals surface area contributed by atoms with Crippen molar-refractivity contribution in [1.29, 1.82) is 0 Å². The number of benzene rings is 1. The highest BCUT2D eigenvalue weighted by atomic mass is 16.5. The van der Waals surface area contributed by atoms with Gasteiger partial charge in [-0.15, -0.1) is 6.42 Å². The zero-order chi connectivity index (χ0) is 13.5. The molecule has 0 bridgehead atoms. The molecule has 0 aromatic heterocycles. The van der Waals surface area contributed by atoms with Crippen LogP contribution in [0, 0.1) is 19.3 Å². The van der Waals surface area contributed by atoms with Crippen molar-refractivity contribution >= 4 is 11.9 Å². The molecule has 0 aliphatic carbocycles. The van der Waals surface area contributed by atoms with E-state index in [9.17, 15) is 9.59 Å². The highest BCUT2D eigenvalue weighted by Gasteiger charge is 2.12. The number of nitrogens with one attached hydrogen (secondary N) is 1. The average molecular weight is 247 g/mol. The van der Waals surface area contributed by atoms with Crippen LogP contribution in [0.4, 0.5) is 0 Å². The lowest BCUT2D eigenvalue weighted by Gasteiger charge is -2.09. The summed E-state index contributed by atoms with van der Waals surface area (Å²) in [5.41, 5.74) is 0.865. The summed E-state index contributed by atoms with van der Waals surface area (Å²) in [6.07, 6.45) is 4.98. The smallest absolute Gasteiger partial charge is 0.339 e. The van der Waals surface area contributed by atoms with Crippen molar-refractivity contribution in [3.05, 3.63) is 29.3 Å². The fourth-order valence-electron chi connectivity index (χ4n) is 1.27. The molecule has 0 atom stereocenters. The number of amides is 1. The first-order chi connectivity index (χ1) is 8.54. The van der Waals surface area contributed by atoms with Crippen LogP contribution in [0.15, 0.2) is 18.2 Å². The van der Waals surface area contributed by atoms with Crippen LogP contribution in [-0.2, 0) is 4.79 Å². The summed E-state index contributed by atoms with van der Waals surface area (Å²) in [5, 5.41) is 11.4. The van der Waals surface area contributed by atoms with Gasteiger partial charge >= 0.3 is 5.97 Å². The molecule has 0 aliphatic heterocycles. The summed E-state index contributed by atoms with van der Waals surface area (Å²) >= 11 is 0. The van der Waals surface area contributed by atoms with Gasteiger partial charge in [-0.05, 0) is 24.6 Å². The van der Waals surface area contributed by atoms with E-state index in [2.05, 4.69) is 11.2 Å². The summed E-state index contributed by atoms with van der Waals surface area (Å²) < 4.78 is 5.18. The Labute approximate surface area is 105 Å². The van der Waals surface area contributed by atoms with Crippen LogP contribution in [0.3, 0.4) is 0 Å². The second-order valence-electron chi connectivity index (χ2n) is 3.57. The predicted molar refractivity (Wildman–Crippen MR) is 65.5 cm³/mol. The number of carbonyl (C=O) groups is 2. The van der Waals surface area contributed by atoms with Crippen LogP contribution in [0.25, 0.3) is 0 Å². The highest BCUT2D eigenvalue weighted by Crippen LogP contribution is 2.20. The topological polar surface area (TPSA) is 75.6 Å². The molecule has 0 aliphatic rings. The SMILES string of the molecule is C#CCNC(=O)COc1cc(C)ccc1C(=O)O. The third kappa shape index (κ3) is 3.83. The maximum Gasteiger partial charge on any atom is 0.339 e. The summed E-state index contributed by atoms with van der Waals surface area (Å²) in [6, 6.07) is 4.67. The fraction of sp³-hybridized carbons (Fsp3) is 0.231. The Hall–Kier alpha value is -2.48. The summed E-state index contributed by atoms with van der Waals surface area (Å²) in [6.45, 7) is 1.64. The standard InChI is InChI=1S/C13H13NO4/c1-3-6-14-12(15)8-18-11-7-9(2)4-5-10(11)13(16)17/h1,4-5,7H,6,8H2,2H3,(H,14,15)(H,16,17). The van der Waals surface area contributed by atoms with E-state index in [0.29, 0.717) is 0 Å². The Morgan fingerprint density at radius 3 is 2.83 bits per heavy atom. The molecule has 2 N–H and O–H groups in total. The lowest BCUT2D eigenvalue weighted by molar-refractivity contribution is -0.122. The summed E-state index contributed by atoms with van der Waals surface area (Å²) in [5.74, 6) is 0.919. The molecule has 0 radical (unpaired) electrons. The molecule has 0 unspecified atom stereocenters. The van der Waals surface area contributed by atoms with Crippen molar-refractivity contribution in [1.82, 2.24) is 5.32 Å². The van der Waals surface area contributed by atoms with E-state index >= 15 is 0 Å². The number of carbonyl (C=O) groups excluding carboxylic acids is 1. The van der Waals surface area contributed by atoms with E-state index in [4.69, 9.17) is 16.3 Å². The van der Waals surface area contributed by atoms with Gasteiger partial charge in [0.05, 0.1) is 6.54 Å². The Morgan fingerprint density at radius 1 is 1.50 bits per heavy atom. The van der Waals surface area contributed by atoms with E-state index in [1.165, 1.54) is 6.07 Å². The summed E-state index contributed by atoms with van der Waals surface area (Å²) in [4.78, 5) is 22.2. The number of terminal acetylenes is 1. The minimum atomic E-state index is -1.10.